The fourth-order valence-electron chi connectivity index (χ4n) is 4.17. The van der Waals surface area contributed by atoms with Gasteiger partial charge in [-0.3, -0.25) is 23.9 Å². The number of fused-ring (bicyclic) bond motifs is 1. The summed E-state index contributed by atoms with van der Waals surface area (Å²) in [6, 6.07) is 0. The van der Waals surface area contributed by atoms with Crippen LogP contribution in [0.3, 0.4) is 0 Å². The standard InChI is InChI=1S/C20H31N4O15P3/c1-11(2)5-4-6-12(3)7-8-20(24-10-21-14-17(24)22-19(28)23-18(14)27)16(26)15(25)13(37-20)9-36-41(32,33)39-42(34,35)38-40(29,30)31/h5,7,10,13,15-16,25-26H,4,6,8-9H2,1-3H3,(H,32,33)(H,34,35)(H2,29,30,31)(H2,22,23,27,28)/t13-,15-,16-,20-/m1/s1. The Morgan fingerprint density at radius 2 is 1.74 bits per heavy atom. The van der Waals surface area contributed by atoms with Crippen LogP contribution in [0.2, 0.25) is 0 Å². The van der Waals surface area contributed by atoms with Crippen LogP contribution in [0.15, 0.2) is 39.2 Å². The van der Waals surface area contributed by atoms with Crippen LogP contribution in [-0.4, -0.2) is 74.2 Å². The van der Waals surface area contributed by atoms with E-state index in [0.717, 1.165) is 22.0 Å². The van der Waals surface area contributed by atoms with Gasteiger partial charge < -0.3 is 34.5 Å². The van der Waals surface area contributed by atoms with Crippen molar-refractivity contribution < 1.29 is 61.4 Å². The van der Waals surface area contributed by atoms with Gasteiger partial charge in [-0.15, -0.1) is 0 Å². The van der Waals surface area contributed by atoms with Crippen LogP contribution in [0.4, 0.5) is 0 Å². The van der Waals surface area contributed by atoms with Crippen molar-refractivity contribution in [3.63, 3.8) is 0 Å². The highest BCUT2D eigenvalue weighted by Crippen LogP contribution is 2.66. The smallest absolute Gasteiger partial charge is 0.387 e. The summed E-state index contributed by atoms with van der Waals surface area (Å²) in [5, 5.41) is 22.0. The second-order valence-corrected chi connectivity index (χ2v) is 14.0. The lowest BCUT2D eigenvalue weighted by molar-refractivity contribution is -0.142. The number of aliphatic hydroxyl groups excluding tert-OH is 2. The van der Waals surface area contributed by atoms with Gasteiger partial charge in [-0.25, -0.2) is 23.5 Å². The number of phosphoric ester groups is 1. The number of aromatic amines is 2. The third kappa shape index (κ3) is 8.51. The second-order valence-electron chi connectivity index (χ2n) is 9.62. The molecule has 3 rings (SSSR count). The molecule has 2 aromatic rings. The zero-order chi connectivity index (χ0) is 31.7. The molecule has 0 saturated carbocycles. The highest BCUT2D eigenvalue weighted by atomic mass is 31.3. The Labute approximate surface area is 236 Å². The fraction of sp³-hybridized carbons (Fsp3) is 0.550. The molecule has 2 unspecified atom stereocenters. The monoisotopic (exact) mass is 660 g/mol. The molecule has 0 aromatic carbocycles. The Kier molecular flexibility index (Phi) is 10.6. The minimum atomic E-state index is -5.81. The van der Waals surface area contributed by atoms with Gasteiger partial charge in [0.1, 0.15) is 24.0 Å². The first kappa shape index (κ1) is 34.4. The molecule has 1 fully saturated rings. The summed E-state index contributed by atoms with van der Waals surface area (Å²) >= 11 is 0. The number of phosphoric acid groups is 3. The van der Waals surface area contributed by atoms with Crippen molar-refractivity contribution >= 4 is 34.6 Å². The maximum Gasteiger partial charge on any atom is 0.490 e. The SMILES string of the molecule is CC(C)=CCCC(C)=CC[C@@]1(n2cnc3c(=O)[nH]c(=O)[nH]c32)O[C@H](COP(=O)(O)OP(=O)(O)OP(=O)(O)O)[C@@H](O)[C@H]1O. The van der Waals surface area contributed by atoms with E-state index in [-0.39, 0.29) is 17.6 Å². The molecule has 1 aliphatic rings. The first-order chi connectivity index (χ1) is 19.3. The molecular weight excluding hydrogens is 629 g/mol. The average molecular weight is 660 g/mol. The Bertz CT molecular complexity index is 1620. The van der Waals surface area contributed by atoms with Crippen LogP contribution < -0.4 is 11.2 Å². The molecule has 2 aromatic heterocycles. The lowest BCUT2D eigenvalue weighted by Gasteiger charge is -2.33. The van der Waals surface area contributed by atoms with Gasteiger partial charge >= 0.3 is 29.2 Å². The molecule has 8 N–H and O–H groups in total. The number of aliphatic hydroxyl groups is 2. The van der Waals surface area contributed by atoms with E-state index < -0.39 is 65.4 Å². The normalized spacial score (nSPS) is 26.2. The molecule has 22 heteroatoms. The van der Waals surface area contributed by atoms with E-state index in [2.05, 4.69) is 23.1 Å². The number of hydrogen-bond acceptors (Lipinski definition) is 12. The van der Waals surface area contributed by atoms with Crippen LogP contribution in [0.25, 0.3) is 11.2 Å². The van der Waals surface area contributed by atoms with E-state index in [1.165, 1.54) is 0 Å². The van der Waals surface area contributed by atoms with E-state index in [4.69, 9.17) is 14.5 Å². The molecular formula is C20H31N4O15P3. The molecule has 0 amide bonds. The Hall–Kier alpha value is -2.08. The number of aromatic nitrogens is 4. The minimum absolute atomic E-state index is 0.181. The van der Waals surface area contributed by atoms with Crippen molar-refractivity contribution in [2.75, 3.05) is 6.61 Å². The van der Waals surface area contributed by atoms with Crippen LogP contribution in [0.1, 0.15) is 40.0 Å². The van der Waals surface area contributed by atoms with Crippen molar-refractivity contribution in [1.29, 1.82) is 0 Å². The maximum absolute atomic E-state index is 12.3. The quantitative estimate of drug-likeness (QED) is 0.108. The number of nitrogens with zero attached hydrogens (tertiary/aromatic N) is 2. The minimum Gasteiger partial charge on any atom is -0.387 e. The molecule has 0 radical (unpaired) electrons. The highest BCUT2D eigenvalue weighted by molar-refractivity contribution is 7.66. The first-order valence-corrected chi connectivity index (χ1v) is 16.6. The van der Waals surface area contributed by atoms with Crippen LogP contribution >= 0.6 is 23.5 Å². The van der Waals surface area contributed by atoms with Crippen LogP contribution in [-0.2, 0) is 37.3 Å². The number of imidazole rings is 1. The Balaban J connectivity index is 1.95. The number of hydrogen-bond donors (Lipinski definition) is 8. The zero-order valence-corrected chi connectivity index (χ0v) is 25.1. The van der Waals surface area contributed by atoms with Crippen LogP contribution in [0.5, 0.6) is 0 Å². The van der Waals surface area contributed by atoms with E-state index >= 15 is 0 Å². The third-order valence-electron chi connectivity index (χ3n) is 6.02. The number of allylic oxidation sites excluding steroid dienone is 3. The van der Waals surface area contributed by atoms with Crippen molar-refractivity contribution in [3.8, 4) is 0 Å². The van der Waals surface area contributed by atoms with Crippen LogP contribution in [0, 0.1) is 0 Å². The molecule has 6 atom stereocenters. The summed E-state index contributed by atoms with van der Waals surface area (Å²) < 4.78 is 53.6. The third-order valence-corrected chi connectivity index (χ3v) is 9.83. The Morgan fingerprint density at radius 1 is 1.07 bits per heavy atom. The summed E-state index contributed by atoms with van der Waals surface area (Å²) in [7, 11) is -17.0. The van der Waals surface area contributed by atoms with Gasteiger partial charge in [-0.05, 0) is 33.6 Å². The van der Waals surface area contributed by atoms with E-state index in [1.54, 1.807) is 13.0 Å². The topological polar surface area (TPSA) is 293 Å². The molecule has 1 aliphatic heterocycles. The summed E-state index contributed by atoms with van der Waals surface area (Å²) in [5.41, 5.74) is -2.21. The predicted molar refractivity (Wildman–Crippen MR) is 143 cm³/mol. The summed E-state index contributed by atoms with van der Waals surface area (Å²) in [4.78, 5) is 69.1. The van der Waals surface area contributed by atoms with Gasteiger partial charge in [0, 0.05) is 6.42 Å². The molecule has 0 spiro atoms. The molecule has 19 nitrogen and oxygen atoms in total. The van der Waals surface area contributed by atoms with Gasteiger partial charge in [-0.1, -0.05) is 23.3 Å². The molecule has 42 heavy (non-hydrogen) atoms. The molecule has 1 saturated heterocycles. The van der Waals surface area contributed by atoms with Gasteiger partial charge in [0.25, 0.3) is 5.56 Å². The predicted octanol–water partition coefficient (Wildman–Crippen LogP) is 0.612. The second kappa shape index (κ2) is 12.9. The van der Waals surface area contributed by atoms with Crippen molar-refractivity contribution in [3.05, 3.63) is 50.5 Å². The lowest BCUT2D eigenvalue weighted by Crippen LogP contribution is -2.45. The van der Waals surface area contributed by atoms with Crippen molar-refractivity contribution in [2.45, 2.75) is 64.1 Å². The number of H-pyrrole nitrogens is 2. The lowest BCUT2D eigenvalue weighted by atomic mass is 9.97. The highest BCUT2D eigenvalue weighted by Gasteiger charge is 2.56. The summed E-state index contributed by atoms with van der Waals surface area (Å²) in [6.45, 7) is 4.60. The van der Waals surface area contributed by atoms with Crippen molar-refractivity contribution in [1.82, 2.24) is 19.5 Å². The molecule has 0 bridgehead atoms. The molecule has 3 heterocycles. The maximum atomic E-state index is 12.3. The number of rotatable bonds is 13. The van der Waals surface area contributed by atoms with Gasteiger partial charge in [0.15, 0.2) is 11.2 Å². The van der Waals surface area contributed by atoms with E-state index in [9.17, 15) is 43.3 Å². The zero-order valence-electron chi connectivity index (χ0n) is 22.4. The number of nitrogens with one attached hydrogen (secondary N) is 2. The van der Waals surface area contributed by atoms with Gasteiger partial charge in [0.2, 0.25) is 0 Å². The Morgan fingerprint density at radius 3 is 2.36 bits per heavy atom. The first-order valence-electron chi connectivity index (χ1n) is 12.1. The van der Waals surface area contributed by atoms with E-state index in [1.807, 2.05) is 24.9 Å². The summed E-state index contributed by atoms with van der Waals surface area (Å²) in [5.74, 6) is 0. The van der Waals surface area contributed by atoms with Gasteiger partial charge in [-0.2, -0.15) is 8.62 Å². The van der Waals surface area contributed by atoms with Crippen molar-refractivity contribution in [2.24, 2.45) is 0 Å². The summed E-state index contributed by atoms with van der Waals surface area (Å²) in [6.07, 6.45) is 0.542. The van der Waals surface area contributed by atoms with E-state index in [0.29, 0.717) is 12.8 Å². The largest absolute Gasteiger partial charge is 0.490 e. The molecule has 236 valence electrons. The molecule has 0 aliphatic carbocycles. The fourth-order valence-corrected chi connectivity index (χ4v) is 7.20. The average Bonchev–Trinajstić information content (AvgIpc) is 3.34. The number of ether oxygens (including phenoxy) is 1. The van der Waals surface area contributed by atoms with Gasteiger partial charge in [0.05, 0.1) is 12.9 Å².